The van der Waals surface area contributed by atoms with E-state index < -0.39 is 0 Å². The van der Waals surface area contributed by atoms with E-state index in [1.807, 2.05) is 0 Å². The number of carbonyl (C=O) groups excluding carboxylic acids is 2. The number of Topliss-reactive ketones (excluding diaryl/α,β-unsaturated/α-hetero) is 1. The Morgan fingerprint density at radius 1 is 1.53 bits per heavy atom. The molecule has 3 heteroatoms. The molecule has 15 heavy (non-hydrogen) atoms. The van der Waals surface area contributed by atoms with Gasteiger partial charge in [-0.25, -0.2) is 0 Å². The second-order valence-electron chi connectivity index (χ2n) is 3.74. The number of ether oxygens (including phenoxy) is 1. The van der Waals surface area contributed by atoms with Gasteiger partial charge >= 0.3 is 0 Å². The Hall–Kier alpha value is -1.64. The van der Waals surface area contributed by atoms with Gasteiger partial charge in [0.1, 0.15) is 0 Å². The van der Waals surface area contributed by atoms with Gasteiger partial charge in [0.25, 0.3) is 0 Å². The predicted octanol–water partition coefficient (Wildman–Crippen LogP) is 1.56. The molecule has 0 saturated heterocycles. The molecule has 1 unspecified atom stereocenters. The van der Waals surface area contributed by atoms with Crippen LogP contribution in [0, 0.1) is 5.92 Å². The molecule has 3 nitrogen and oxygen atoms in total. The van der Waals surface area contributed by atoms with Gasteiger partial charge in [-0.15, -0.1) is 6.58 Å². The van der Waals surface area contributed by atoms with Gasteiger partial charge in [0.15, 0.2) is 11.5 Å². The van der Waals surface area contributed by atoms with Crippen LogP contribution in [0.3, 0.4) is 0 Å². The molecular weight excluding hydrogens is 192 g/mol. The molecule has 1 heterocycles. The van der Waals surface area contributed by atoms with Crippen LogP contribution in [0.4, 0.5) is 0 Å². The van der Waals surface area contributed by atoms with Gasteiger partial charge in [-0.05, 0) is 19.4 Å². The van der Waals surface area contributed by atoms with Crippen molar-refractivity contribution >= 4 is 11.6 Å². The summed E-state index contributed by atoms with van der Waals surface area (Å²) in [5, 5.41) is 0. The van der Waals surface area contributed by atoms with Crippen molar-refractivity contribution in [3.8, 4) is 0 Å². The van der Waals surface area contributed by atoms with Crippen LogP contribution in [0.2, 0.25) is 0 Å². The third-order valence-electron chi connectivity index (χ3n) is 2.75. The maximum absolute atomic E-state index is 11.9. The Balaban J connectivity index is 2.52. The van der Waals surface area contributed by atoms with E-state index in [0.717, 1.165) is 0 Å². The molecule has 0 amide bonds. The summed E-state index contributed by atoms with van der Waals surface area (Å²) in [6.07, 6.45) is 3.77. The van der Waals surface area contributed by atoms with Gasteiger partial charge in [0.05, 0.1) is 12.2 Å². The summed E-state index contributed by atoms with van der Waals surface area (Å²) >= 11 is 0. The molecule has 0 radical (unpaired) electrons. The summed E-state index contributed by atoms with van der Waals surface area (Å²) in [6, 6.07) is 0. The van der Waals surface area contributed by atoms with Crippen LogP contribution < -0.4 is 0 Å². The van der Waals surface area contributed by atoms with Crippen LogP contribution in [-0.2, 0) is 14.3 Å². The van der Waals surface area contributed by atoms with Gasteiger partial charge in [0.2, 0.25) is 5.78 Å². The summed E-state index contributed by atoms with van der Waals surface area (Å²) in [4.78, 5) is 23.5. The topological polar surface area (TPSA) is 43.4 Å². The molecule has 0 bridgehead atoms. The van der Waals surface area contributed by atoms with Crippen molar-refractivity contribution in [2.45, 2.75) is 13.3 Å². The number of rotatable bonds is 1. The molecule has 0 aromatic rings. The quantitative estimate of drug-likeness (QED) is 0.481. The fraction of sp³-hybridized carbons (Fsp3) is 0.333. The number of hydrogen-bond acceptors (Lipinski definition) is 3. The summed E-state index contributed by atoms with van der Waals surface area (Å²) in [7, 11) is 0. The van der Waals surface area contributed by atoms with Crippen molar-refractivity contribution in [3.63, 3.8) is 0 Å². The molecule has 78 valence electrons. The largest absolute Gasteiger partial charge is 0.489 e. The van der Waals surface area contributed by atoms with Crippen LogP contribution in [0.1, 0.15) is 13.3 Å². The Bertz CT molecular complexity index is 413. The molecule has 0 fully saturated rings. The van der Waals surface area contributed by atoms with E-state index in [2.05, 4.69) is 6.58 Å². The first kappa shape index (κ1) is 9.90. The van der Waals surface area contributed by atoms with E-state index in [1.54, 1.807) is 13.0 Å². The van der Waals surface area contributed by atoms with E-state index in [1.165, 1.54) is 6.08 Å². The number of allylic oxidation sites excluding steroid dienone is 4. The van der Waals surface area contributed by atoms with Gasteiger partial charge in [0, 0.05) is 11.5 Å². The molecule has 0 aromatic carbocycles. The number of ketones is 2. The SMILES string of the molecule is C=CC1CCOC2=C1C(=O)C(C)=CC2=O. The number of hydrogen-bond donors (Lipinski definition) is 0. The van der Waals surface area contributed by atoms with Crippen molar-refractivity contribution in [3.05, 3.63) is 35.6 Å². The first-order chi connectivity index (χ1) is 7.15. The van der Waals surface area contributed by atoms with Gasteiger partial charge in [-0.3, -0.25) is 9.59 Å². The van der Waals surface area contributed by atoms with E-state index in [4.69, 9.17) is 4.74 Å². The number of carbonyl (C=O) groups is 2. The lowest BCUT2D eigenvalue weighted by atomic mass is 9.83. The van der Waals surface area contributed by atoms with Crippen LogP contribution >= 0.6 is 0 Å². The van der Waals surface area contributed by atoms with Crippen LogP contribution in [0.5, 0.6) is 0 Å². The van der Waals surface area contributed by atoms with Crippen LogP contribution in [-0.4, -0.2) is 18.2 Å². The Kier molecular flexibility index (Phi) is 2.31. The van der Waals surface area contributed by atoms with Crippen molar-refractivity contribution in [2.75, 3.05) is 6.61 Å². The average Bonchev–Trinajstić information content (AvgIpc) is 2.25. The maximum Gasteiger partial charge on any atom is 0.221 e. The molecular formula is C12H12O3. The second kappa shape index (κ2) is 3.50. The van der Waals surface area contributed by atoms with Gasteiger partial charge in [-0.2, -0.15) is 0 Å². The molecule has 0 saturated carbocycles. The highest BCUT2D eigenvalue weighted by atomic mass is 16.5. The first-order valence-electron chi connectivity index (χ1n) is 4.92. The molecule has 0 spiro atoms. The van der Waals surface area contributed by atoms with E-state index in [9.17, 15) is 9.59 Å². The first-order valence-corrected chi connectivity index (χ1v) is 4.92. The van der Waals surface area contributed by atoms with E-state index in [0.29, 0.717) is 24.2 Å². The lowest BCUT2D eigenvalue weighted by molar-refractivity contribution is -0.119. The van der Waals surface area contributed by atoms with Crippen LogP contribution in [0.25, 0.3) is 0 Å². The minimum atomic E-state index is -0.200. The highest BCUT2D eigenvalue weighted by molar-refractivity contribution is 6.22. The third-order valence-corrected chi connectivity index (χ3v) is 2.75. The standard InChI is InChI=1S/C12H12O3/c1-3-8-4-5-15-12-9(13)6-7(2)11(14)10(8)12/h3,6,8H,1,4-5H2,2H3. The van der Waals surface area contributed by atoms with E-state index >= 15 is 0 Å². The zero-order chi connectivity index (χ0) is 11.0. The molecule has 0 aromatic heterocycles. The zero-order valence-electron chi connectivity index (χ0n) is 8.58. The highest BCUT2D eigenvalue weighted by Gasteiger charge is 2.34. The molecule has 0 N–H and O–H groups in total. The summed E-state index contributed by atoms with van der Waals surface area (Å²) in [5.74, 6) is -0.113. The van der Waals surface area contributed by atoms with Crippen molar-refractivity contribution in [1.82, 2.24) is 0 Å². The molecule has 2 aliphatic rings. The van der Waals surface area contributed by atoms with E-state index in [-0.39, 0.29) is 23.2 Å². The monoisotopic (exact) mass is 204 g/mol. The summed E-state index contributed by atoms with van der Waals surface area (Å²) < 4.78 is 5.26. The smallest absolute Gasteiger partial charge is 0.221 e. The Morgan fingerprint density at radius 2 is 2.27 bits per heavy atom. The molecule has 2 rings (SSSR count). The second-order valence-corrected chi connectivity index (χ2v) is 3.74. The molecule has 1 aliphatic carbocycles. The zero-order valence-corrected chi connectivity index (χ0v) is 8.58. The highest BCUT2D eigenvalue weighted by Crippen LogP contribution is 2.32. The minimum absolute atomic E-state index is 0.0474. The lowest BCUT2D eigenvalue weighted by Crippen LogP contribution is -2.28. The Morgan fingerprint density at radius 3 is 2.93 bits per heavy atom. The lowest BCUT2D eigenvalue weighted by Gasteiger charge is -2.27. The fourth-order valence-corrected chi connectivity index (χ4v) is 1.93. The van der Waals surface area contributed by atoms with Crippen molar-refractivity contribution in [2.24, 2.45) is 5.92 Å². The molecule has 1 atom stereocenters. The maximum atomic E-state index is 11.9. The fourth-order valence-electron chi connectivity index (χ4n) is 1.93. The predicted molar refractivity (Wildman–Crippen MR) is 55.1 cm³/mol. The van der Waals surface area contributed by atoms with Crippen molar-refractivity contribution < 1.29 is 14.3 Å². The van der Waals surface area contributed by atoms with Gasteiger partial charge < -0.3 is 4.74 Å². The minimum Gasteiger partial charge on any atom is -0.489 e. The van der Waals surface area contributed by atoms with Crippen molar-refractivity contribution in [1.29, 1.82) is 0 Å². The summed E-state index contributed by atoms with van der Waals surface area (Å²) in [5.41, 5.74) is 0.970. The normalized spacial score (nSPS) is 25.7. The average molecular weight is 204 g/mol. The molecule has 1 aliphatic heterocycles. The third kappa shape index (κ3) is 1.44. The van der Waals surface area contributed by atoms with Crippen LogP contribution in [0.15, 0.2) is 35.6 Å². The Labute approximate surface area is 88.1 Å². The summed E-state index contributed by atoms with van der Waals surface area (Å²) in [6.45, 7) is 5.81. The van der Waals surface area contributed by atoms with Gasteiger partial charge in [-0.1, -0.05) is 6.08 Å².